The molecule has 32 heavy (non-hydrogen) atoms. The van der Waals surface area contributed by atoms with Crippen molar-refractivity contribution in [1.29, 1.82) is 0 Å². The average molecular weight is 439 g/mol. The highest BCUT2D eigenvalue weighted by molar-refractivity contribution is 6.07. The van der Waals surface area contributed by atoms with Gasteiger partial charge in [-0.05, 0) is 29.8 Å². The van der Waals surface area contributed by atoms with Crippen LogP contribution in [0, 0.1) is 5.82 Å². The first-order valence-corrected chi connectivity index (χ1v) is 10.2. The van der Waals surface area contributed by atoms with Gasteiger partial charge in [-0.25, -0.2) is 19.2 Å². The van der Waals surface area contributed by atoms with Gasteiger partial charge in [0.25, 0.3) is 0 Å². The number of carbonyl (C=O) groups is 1. The maximum Gasteiger partial charge on any atom is 0.317 e. The van der Waals surface area contributed by atoms with Crippen LogP contribution in [0.1, 0.15) is 5.56 Å². The number of halogens is 1. The highest BCUT2D eigenvalue weighted by atomic mass is 19.1. The van der Waals surface area contributed by atoms with Crippen LogP contribution in [0.5, 0.6) is 0 Å². The summed E-state index contributed by atoms with van der Waals surface area (Å²) in [5.41, 5.74) is 4.44. The van der Waals surface area contributed by atoms with E-state index in [1.807, 2.05) is 23.7 Å². The fourth-order valence-corrected chi connectivity index (χ4v) is 3.68. The van der Waals surface area contributed by atoms with E-state index in [0.29, 0.717) is 35.7 Å². The molecule has 0 aliphatic heterocycles. The summed E-state index contributed by atoms with van der Waals surface area (Å²) < 4.78 is 21.3. The van der Waals surface area contributed by atoms with Gasteiger partial charge in [-0.15, -0.1) is 0 Å². The first-order chi connectivity index (χ1) is 15.4. The third-order valence-corrected chi connectivity index (χ3v) is 5.36. The molecule has 3 heterocycles. The van der Waals surface area contributed by atoms with Crippen LogP contribution in [0.3, 0.4) is 0 Å². The lowest BCUT2D eigenvalue weighted by Gasteiger charge is -2.17. The standard InChI is InChI=1S/C22H26FN7O2/c1-24-21-18-19(30(3)12-26-18)16-10-17(27-20(16)28-21)14-7-13(8-15(23)9-14)11-25-22(31)29(2)5-6-32-4/h7-10,12H,5-6,11H2,1-4H3,(H,25,31)(H2,24,27,28). The van der Waals surface area contributed by atoms with E-state index in [-0.39, 0.29) is 18.4 Å². The molecular weight excluding hydrogens is 413 g/mol. The number of fused-ring (bicyclic) bond motifs is 3. The van der Waals surface area contributed by atoms with Crippen LogP contribution in [0.15, 0.2) is 30.6 Å². The van der Waals surface area contributed by atoms with Crippen molar-refractivity contribution in [2.45, 2.75) is 6.54 Å². The Hall–Kier alpha value is -3.66. The fraction of sp³-hybridized carbons (Fsp3) is 0.318. The molecule has 2 amide bonds. The zero-order chi connectivity index (χ0) is 22.8. The number of amides is 2. The van der Waals surface area contributed by atoms with Gasteiger partial charge in [0, 0.05) is 58.0 Å². The van der Waals surface area contributed by atoms with Gasteiger partial charge in [-0.1, -0.05) is 0 Å². The molecule has 168 valence electrons. The summed E-state index contributed by atoms with van der Waals surface area (Å²) in [5, 5.41) is 6.77. The second-order valence-electron chi connectivity index (χ2n) is 7.63. The lowest BCUT2D eigenvalue weighted by molar-refractivity contribution is 0.159. The van der Waals surface area contributed by atoms with E-state index in [9.17, 15) is 9.18 Å². The fourth-order valence-electron chi connectivity index (χ4n) is 3.68. The first kappa shape index (κ1) is 21.6. The van der Waals surface area contributed by atoms with E-state index in [2.05, 4.69) is 25.6 Å². The third kappa shape index (κ3) is 4.09. The summed E-state index contributed by atoms with van der Waals surface area (Å²) in [4.78, 5) is 26.1. The van der Waals surface area contributed by atoms with Gasteiger partial charge >= 0.3 is 6.03 Å². The van der Waals surface area contributed by atoms with Crippen molar-refractivity contribution in [3.05, 3.63) is 42.0 Å². The van der Waals surface area contributed by atoms with Crippen molar-refractivity contribution in [3.63, 3.8) is 0 Å². The average Bonchev–Trinajstić information content (AvgIpc) is 3.38. The Bertz CT molecular complexity index is 1280. The van der Waals surface area contributed by atoms with E-state index in [4.69, 9.17) is 4.74 Å². The molecule has 0 spiro atoms. The maximum atomic E-state index is 14.4. The molecule has 0 saturated heterocycles. The van der Waals surface area contributed by atoms with Crippen LogP contribution in [0.25, 0.3) is 33.3 Å². The number of aromatic amines is 1. The molecule has 0 fully saturated rings. The number of anilines is 1. The van der Waals surface area contributed by atoms with E-state index in [1.165, 1.54) is 17.0 Å². The lowest BCUT2D eigenvalue weighted by atomic mass is 10.1. The third-order valence-electron chi connectivity index (χ3n) is 5.36. The first-order valence-electron chi connectivity index (χ1n) is 10.2. The van der Waals surface area contributed by atoms with Crippen LogP contribution in [-0.4, -0.2) is 64.8 Å². The molecule has 0 unspecified atom stereocenters. The molecule has 9 nitrogen and oxygen atoms in total. The topological polar surface area (TPSA) is 100 Å². The zero-order valence-corrected chi connectivity index (χ0v) is 18.5. The summed E-state index contributed by atoms with van der Waals surface area (Å²) in [6.07, 6.45) is 1.74. The number of hydrogen-bond acceptors (Lipinski definition) is 5. The molecule has 4 rings (SSSR count). The van der Waals surface area contributed by atoms with Gasteiger partial charge in [0.15, 0.2) is 5.82 Å². The second-order valence-corrected chi connectivity index (χ2v) is 7.63. The van der Waals surface area contributed by atoms with Crippen LogP contribution in [0.4, 0.5) is 15.0 Å². The number of carbonyl (C=O) groups excluding carboxylic acids is 1. The van der Waals surface area contributed by atoms with Gasteiger partial charge in [0.2, 0.25) is 0 Å². The lowest BCUT2D eigenvalue weighted by Crippen LogP contribution is -2.38. The molecule has 10 heteroatoms. The Morgan fingerprint density at radius 1 is 1.31 bits per heavy atom. The minimum Gasteiger partial charge on any atom is -0.383 e. The van der Waals surface area contributed by atoms with Crippen LogP contribution >= 0.6 is 0 Å². The number of aromatic nitrogens is 4. The molecule has 0 radical (unpaired) electrons. The number of ether oxygens (including phenoxy) is 1. The van der Waals surface area contributed by atoms with Gasteiger partial charge in [-0.2, -0.15) is 0 Å². The summed E-state index contributed by atoms with van der Waals surface area (Å²) >= 11 is 0. The van der Waals surface area contributed by atoms with Crippen molar-refractivity contribution in [3.8, 4) is 11.3 Å². The molecule has 0 saturated carbocycles. The Morgan fingerprint density at radius 3 is 2.88 bits per heavy atom. The number of benzene rings is 1. The molecule has 0 aliphatic carbocycles. The number of hydrogen-bond donors (Lipinski definition) is 3. The Labute approximate surface area is 184 Å². The molecule has 1 aromatic carbocycles. The summed E-state index contributed by atoms with van der Waals surface area (Å²) in [6.45, 7) is 1.12. The number of H-pyrrole nitrogens is 1. The molecule has 3 aromatic heterocycles. The largest absolute Gasteiger partial charge is 0.383 e. The Balaban J connectivity index is 1.64. The molecule has 0 bridgehead atoms. The predicted octanol–water partition coefficient (Wildman–Crippen LogP) is 3.09. The number of aryl methyl sites for hydroxylation is 1. The summed E-state index contributed by atoms with van der Waals surface area (Å²) in [6, 6.07) is 6.42. The van der Waals surface area contributed by atoms with Crippen molar-refractivity contribution in [2.24, 2.45) is 7.05 Å². The molecule has 3 N–H and O–H groups in total. The van der Waals surface area contributed by atoms with E-state index in [1.54, 1.807) is 27.5 Å². The Kier molecular flexibility index (Phi) is 5.95. The second kappa shape index (κ2) is 8.83. The molecular formula is C22H26FN7O2. The Morgan fingerprint density at radius 2 is 2.12 bits per heavy atom. The number of imidazole rings is 1. The van der Waals surface area contributed by atoms with Crippen LogP contribution < -0.4 is 10.6 Å². The smallest absolute Gasteiger partial charge is 0.317 e. The number of rotatable bonds is 7. The number of nitrogens with one attached hydrogen (secondary N) is 3. The number of urea groups is 1. The van der Waals surface area contributed by atoms with Gasteiger partial charge in [-0.3, -0.25) is 0 Å². The SMILES string of the molecule is CNc1nc2[nH]c(-c3cc(F)cc(CNC(=O)N(C)CCOC)c3)cc2c2c1ncn2C. The van der Waals surface area contributed by atoms with Gasteiger partial charge in [0.1, 0.15) is 17.0 Å². The minimum atomic E-state index is -0.382. The van der Waals surface area contributed by atoms with Crippen molar-refractivity contribution in [2.75, 3.05) is 39.7 Å². The zero-order valence-electron chi connectivity index (χ0n) is 18.5. The monoisotopic (exact) mass is 439 g/mol. The summed E-state index contributed by atoms with van der Waals surface area (Å²) in [7, 11) is 6.99. The van der Waals surface area contributed by atoms with Gasteiger partial charge in [0.05, 0.1) is 18.5 Å². The molecule has 0 aliphatic rings. The van der Waals surface area contributed by atoms with E-state index >= 15 is 0 Å². The number of methoxy groups -OCH3 is 1. The normalized spacial score (nSPS) is 11.3. The van der Waals surface area contributed by atoms with Crippen molar-refractivity contribution in [1.82, 2.24) is 29.7 Å². The highest BCUT2D eigenvalue weighted by Crippen LogP contribution is 2.32. The quantitative estimate of drug-likeness (QED) is 0.411. The van der Waals surface area contributed by atoms with Gasteiger partial charge < -0.3 is 29.8 Å². The van der Waals surface area contributed by atoms with Crippen LogP contribution in [0.2, 0.25) is 0 Å². The van der Waals surface area contributed by atoms with Crippen molar-refractivity contribution < 1.29 is 13.9 Å². The van der Waals surface area contributed by atoms with E-state index in [0.717, 1.165) is 22.1 Å². The van der Waals surface area contributed by atoms with Crippen molar-refractivity contribution >= 4 is 33.9 Å². The minimum absolute atomic E-state index is 0.204. The van der Waals surface area contributed by atoms with E-state index < -0.39 is 0 Å². The number of likely N-dealkylation sites (N-methyl/N-ethyl adjacent to an activating group) is 1. The summed E-state index contributed by atoms with van der Waals surface area (Å²) in [5.74, 6) is 0.287. The number of pyridine rings is 1. The highest BCUT2D eigenvalue weighted by Gasteiger charge is 2.16. The number of nitrogens with zero attached hydrogens (tertiary/aromatic N) is 4. The molecule has 0 atom stereocenters. The predicted molar refractivity (Wildman–Crippen MR) is 122 cm³/mol. The van der Waals surface area contributed by atoms with Crippen LogP contribution in [-0.2, 0) is 18.3 Å². The molecule has 4 aromatic rings. The maximum absolute atomic E-state index is 14.4.